The molecule has 7 heteroatoms. The molecule has 2 fully saturated rings. The molecule has 0 radical (unpaired) electrons. The highest BCUT2D eigenvalue weighted by molar-refractivity contribution is 8.13. The summed E-state index contributed by atoms with van der Waals surface area (Å²) in [6.07, 6.45) is 2.85. The molecular formula is C23H32N2O4S. The van der Waals surface area contributed by atoms with Gasteiger partial charge in [0.1, 0.15) is 5.75 Å². The van der Waals surface area contributed by atoms with Crippen molar-refractivity contribution in [1.29, 1.82) is 0 Å². The Kier molecular flexibility index (Phi) is 7.45. The van der Waals surface area contributed by atoms with Crippen molar-refractivity contribution in [3.63, 3.8) is 0 Å². The Morgan fingerprint density at radius 3 is 2.23 bits per heavy atom. The van der Waals surface area contributed by atoms with Crippen LogP contribution in [0.5, 0.6) is 5.75 Å². The maximum Gasteiger partial charge on any atom is 0.253 e. The molecule has 6 nitrogen and oxygen atoms in total. The maximum absolute atomic E-state index is 12.9. The first-order valence-corrected chi connectivity index (χ1v) is 11.8. The number of carbonyl (C=O) groups is 3. The average molecular weight is 433 g/mol. The van der Waals surface area contributed by atoms with Gasteiger partial charge < -0.3 is 14.5 Å². The van der Waals surface area contributed by atoms with Crippen molar-refractivity contribution >= 4 is 28.7 Å². The van der Waals surface area contributed by atoms with Crippen molar-refractivity contribution in [2.24, 2.45) is 11.3 Å². The quantitative estimate of drug-likeness (QED) is 0.689. The second-order valence-corrected chi connectivity index (χ2v) is 9.66. The number of thioether (sulfide) groups is 1. The van der Waals surface area contributed by atoms with E-state index in [1.165, 1.54) is 18.7 Å². The second-order valence-electron chi connectivity index (χ2n) is 8.46. The van der Waals surface area contributed by atoms with Gasteiger partial charge >= 0.3 is 0 Å². The van der Waals surface area contributed by atoms with Crippen LogP contribution in [-0.2, 0) is 9.59 Å². The molecule has 1 aromatic carbocycles. The highest BCUT2D eigenvalue weighted by Crippen LogP contribution is 2.41. The van der Waals surface area contributed by atoms with Crippen molar-refractivity contribution in [2.45, 2.75) is 40.0 Å². The molecule has 2 saturated heterocycles. The smallest absolute Gasteiger partial charge is 0.253 e. The number of amides is 2. The number of hydrogen-bond acceptors (Lipinski definition) is 5. The molecule has 30 heavy (non-hydrogen) atoms. The molecule has 2 heterocycles. The second kappa shape index (κ2) is 9.86. The van der Waals surface area contributed by atoms with Crippen molar-refractivity contribution in [3.8, 4) is 5.75 Å². The zero-order chi connectivity index (χ0) is 21.7. The summed E-state index contributed by atoms with van der Waals surface area (Å²) in [4.78, 5) is 40.7. The Balaban J connectivity index is 1.51. The van der Waals surface area contributed by atoms with Gasteiger partial charge in [0.15, 0.2) is 5.12 Å². The molecule has 0 bridgehead atoms. The Morgan fingerprint density at radius 2 is 1.67 bits per heavy atom. The van der Waals surface area contributed by atoms with Crippen LogP contribution in [0.15, 0.2) is 24.3 Å². The lowest BCUT2D eigenvalue weighted by atomic mass is 9.77. The minimum Gasteiger partial charge on any atom is -0.494 e. The summed E-state index contributed by atoms with van der Waals surface area (Å²) in [7, 11) is 0. The summed E-state index contributed by atoms with van der Waals surface area (Å²) in [5.74, 6) is 1.39. The van der Waals surface area contributed by atoms with Crippen LogP contribution in [-0.4, -0.2) is 65.3 Å². The number of rotatable bonds is 6. The molecule has 1 spiro atoms. The molecule has 2 aliphatic rings. The van der Waals surface area contributed by atoms with Crippen LogP contribution in [0.25, 0.3) is 0 Å². The number of hydrogen-bond donors (Lipinski definition) is 0. The molecule has 164 valence electrons. The predicted octanol–water partition coefficient (Wildman–Crippen LogP) is 3.46. The molecule has 0 saturated carbocycles. The number of likely N-dealkylation sites (tertiary alicyclic amines) is 2. The van der Waals surface area contributed by atoms with Crippen molar-refractivity contribution < 1.29 is 19.1 Å². The molecule has 1 unspecified atom stereocenters. The Bertz CT molecular complexity index is 772. The van der Waals surface area contributed by atoms with Crippen molar-refractivity contribution in [3.05, 3.63) is 29.8 Å². The van der Waals surface area contributed by atoms with Crippen LogP contribution in [0.1, 0.15) is 50.4 Å². The molecule has 2 aliphatic heterocycles. The van der Waals surface area contributed by atoms with E-state index < -0.39 is 0 Å². The van der Waals surface area contributed by atoms with Crippen LogP contribution in [0.3, 0.4) is 0 Å². The topological polar surface area (TPSA) is 66.9 Å². The largest absolute Gasteiger partial charge is 0.494 e. The predicted molar refractivity (Wildman–Crippen MR) is 119 cm³/mol. The Hall–Kier alpha value is -2.02. The van der Waals surface area contributed by atoms with Crippen molar-refractivity contribution in [2.75, 3.05) is 38.5 Å². The number of ether oxygens (including phenoxy) is 1. The van der Waals surface area contributed by atoms with Gasteiger partial charge in [-0.3, -0.25) is 14.4 Å². The molecule has 2 amide bonds. The highest BCUT2D eigenvalue weighted by atomic mass is 32.2. The molecule has 1 aromatic rings. The SMILES string of the molecule is CCOc1ccc(C(=O)N2CCC3(CC2)CCN(C(=O)C(C)CSC(C)=O)C3)cc1. The van der Waals surface area contributed by atoms with E-state index in [0.29, 0.717) is 17.9 Å². The summed E-state index contributed by atoms with van der Waals surface area (Å²) >= 11 is 1.22. The zero-order valence-electron chi connectivity index (χ0n) is 18.2. The van der Waals surface area contributed by atoms with Gasteiger partial charge in [0.25, 0.3) is 5.91 Å². The third kappa shape index (κ3) is 5.36. The molecule has 0 aromatic heterocycles. The van der Waals surface area contributed by atoms with Crippen LogP contribution >= 0.6 is 11.8 Å². The zero-order valence-corrected chi connectivity index (χ0v) is 19.0. The summed E-state index contributed by atoms with van der Waals surface area (Å²) in [5, 5.41) is 0.0529. The summed E-state index contributed by atoms with van der Waals surface area (Å²) in [6.45, 7) is 8.98. The molecule has 3 rings (SSSR count). The molecule has 0 aliphatic carbocycles. The monoisotopic (exact) mass is 432 g/mol. The van der Waals surface area contributed by atoms with Crippen molar-refractivity contribution in [1.82, 2.24) is 9.80 Å². The molecule has 1 atom stereocenters. The highest BCUT2D eigenvalue weighted by Gasteiger charge is 2.43. The number of piperidine rings is 1. The third-order valence-corrected chi connectivity index (χ3v) is 7.30. The third-order valence-electron chi connectivity index (χ3n) is 6.23. The van der Waals surface area contributed by atoms with E-state index in [9.17, 15) is 14.4 Å². The fourth-order valence-corrected chi connectivity index (χ4v) is 5.01. The minimum absolute atomic E-state index is 0.0529. The molecule has 0 N–H and O–H groups in total. The van der Waals surface area contributed by atoms with Gasteiger partial charge in [-0.2, -0.15) is 0 Å². The Labute approximate surface area is 183 Å². The van der Waals surface area contributed by atoms with Gasteiger partial charge in [0.05, 0.1) is 6.61 Å². The van der Waals surface area contributed by atoms with Crippen LogP contribution < -0.4 is 4.74 Å². The lowest BCUT2D eigenvalue weighted by Gasteiger charge is -2.39. The summed E-state index contributed by atoms with van der Waals surface area (Å²) in [6, 6.07) is 7.34. The van der Waals surface area contributed by atoms with Crippen LogP contribution in [0.2, 0.25) is 0 Å². The van der Waals surface area contributed by atoms with E-state index in [-0.39, 0.29) is 28.3 Å². The number of carbonyl (C=O) groups excluding carboxylic acids is 3. The maximum atomic E-state index is 12.9. The van der Waals surface area contributed by atoms with Gasteiger partial charge in [0.2, 0.25) is 5.91 Å². The van der Waals surface area contributed by atoms with Gasteiger partial charge in [-0.05, 0) is 55.9 Å². The van der Waals surface area contributed by atoms with Gasteiger partial charge in [0, 0.05) is 50.3 Å². The van der Waals surface area contributed by atoms with Crippen LogP contribution in [0.4, 0.5) is 0 Å². The van der Waals surface area contributed by atoms with E-state index in [1.807, 2.05) is 47.9 Å². The number of nitrogens with zero attached hydrogens (tertiary/aromatic N) is 2. The first-order chi connectivity index (χ1) is 14.3. The normalized spacial score (nSPS) is 19.0. The van der Waals surface area contributed by atoms with Gasteiger partial charge in [-0.15, -0.1) is 0 Å². The minimum atomic E-state index is -0.143. The van der Waals surface area contributed by atoms with E-state index in [1.54, 1.807) is 0 Å². The lowest BCUT2D eigenvalue weighted by Crippen LogP contribution is -2.45. The average Bonchev–Trinajstić information content (AvgIpc) is 3.15. The fourth-order valence-electron chi connectivity index (χ4n) is 4.38. The van der Waals surface area contributed by atoms with Gasteiger partial charge in [-0.1, -0.05) is 18.7 Å². The molecular weight excluding hydrogens is 400 g/mol. The Morgan fingerprint density at radius 1 is 1.07 bits per heavy atom. The fraction of sp³-hybridized carbons (Fsp3) is 0.609. The first-order valence-electron chi connectivity index (χ1n) is 10.8. The lowest BCUT2D eigenvalue weighted by molar-refractivity contribution is -0.133. The van der Waals surface area contributed by atoms with Crippen LogP contribution in [0, 0.1) is 11.3 Å². The number of benzene rings is 1. The van der Waals surface area contributed by atoms with E-state index in [2.05, 4.69) is 0 Å². The van der Waals surface area contributed by atoms with E-state index >= 15 is 0 Å². The van der Waals surface area contributed by atoms with E-state index in [0.717, 1.165) is 51.2 Å². The van der Waals surface area contributed by atoms with Gasteiger partial charge in [-0.25, -0.2) is 0 Å². The first kappa shape index (κ1) is 22.7. The summed E-state index contributed by atoms with van der Waals surface area (Å²) in [5.41, 5.74) is 0.813. The van der Waals surface area contributed by atoms with E-state index in [4.69, 9.17) is 4.74 Å². The standard InChI is InChI=1S/C23H32N2O4S/c1-4-29-20-7-5-19(6-8-20)22(28)24-12-9-23(10-13-24)11-14-25(16-23)21(27)17(2)15-30-18(3)26/h5-8,17H,4,9-16H2,1-3H3. The summed E-state index contributed by atoms with van der Waals surface area (Å²) < 4.78 is 5.45.